The topological polar surface area (TPSA) is 72.9 Å². The highest BCUT2D eigenvalue weighted by Crippen LogP contribution is 2.26. The molecule has 0 saturated heterocycles. The molecule has 0 aliphatic heterocycles. The van der Waals surface area contributed by atoms with E-state index in [1.807, 2.05) is 19.2 Å². The average molecular weight is 404 g/mol. The molecular formula is C18H27Cl2N3O3. The molecular weight excluding hydrogens is 377 g/mol. The first kappa shape index (κ1) is 22.5. The monoisotopic (exact) mass is 403 g/mol. The fraction of sp³-hybridized carbons (Fsp3) is 0.556. The first-order valence-corrected chi connectivity index (χ1v) is 9.16. The maximum absolute atomic E-state index is 12.0. The lowest BCUT2D eigenvalue weighted by atomic mass is 10.1. The summed E-state index contributed by atoms with van der Waals surface area (Å²) in [5, 5.41) is 13.1. The Morgan fingerprint density at radius 2 is 1.88 bits per heavy atom. The van der Waals surface area contributed by atoms with Gasteiger partial charge in [-0.3, -0.25) is 9.69 Å². The minimum absolute atomic E-state index is 0.174. The summed E-state index contributed by atoms with van der Waals surface area (Å²) in [6, 6.07) is 5.54. The zero-order valence-electron chi connectivity index (χ0n) is 15.7. The number of carboxylic acid groups (broad SMARTS) is 1. The van der Waals surface area contributed by atoms with Crippen molar-refractivity contribution in [2.45, 2.75) is 39.3 Å². The van der Waals surface area contributed by atoms with Crippen LogP contribution in [-0.2, 0) is 11.3 Å². The van der Waals surface area contributed by atoms with Gasteiger partial charge in [-0.15, -0.1) is 0 Å². The van der Waals surface area contributed by atoms with Gasteiger partial charge in [0.05, 0.1) is 10.0 Å². The lowest BCUT2D eigenvalue weighted by Crippen LogP contribution is -2.50. The molecule has 0 bridgehead atoms. The van der Waals surface area contributed by atoms with Gasteiger partial charge in [0.2, 0.25) is 5.91 Å². The van der Waals surface area contributed by atoms with Crippen LogP contribution >= 0.6 is 23.2 Å². The fourth-order valence-electron chi connectivity index (χ4n) is 2.41. The van der Waals surface area contributed by atoms with Gasteiger partial charge in [0.25, 0.3) is 0 Å². The molecule has 1 rings (SSSR count). The molecule has 0 spiro atoms. The molecule has 0 heterocycles. The molecule has 146 valence electrons. The number of rotatable bonds is 8. The normalized spacial score (nSPS) is 11.5. The molecule has 1 aromatic carbocycles. The standard InChI is InChI=1S/C18H27Cl2N3O3/c1-18(2,3)23(17(25)26)12-15(24)21-9-6-10-22(4)11-13-7-5-8-14(19)16(13)20/h5,7-8H,6,9-12H2,1-4H3,(H,21,24)(H,25,26). The van der Waals surface area contributed by atoms with E-state index in [0.717, 1.165) is 23.4 Å². The first-order valence-electron chi connectivity index (χ1n) is 8.41. The maximum atomic E-state index is 12.0. The van der Waals surface area contributed by atoms with Crippen LogP contribution in [0.25, 0.3) is 0 Å². The molecule has 0 aliphatic carbocycles. The summed E-state index contributed by atoms with van der Waals surface area (Å²) >= 11 is 12.2. The van der Waals surface area contributed by atoms with Gasteiger partial charge in [-0.25, -0.2) is 4.79 Å². The number of nitrogens with one attached hydrogen (secondary N) is 1. The molecule has 0 unspecified atom stereocenters. The molecule has 8 heteroatoms. The lowest BCUT2D eigenvalue weighted by molar-refractivity contribution is -0.122. The maximum Gasteiger partial charge on any atom is 0.408 e. The molecule has 2 N–H and O–H groups in total. The molecule has 0 fully saturated rings. The van der Waals surface area contributed by atoms with Crippen molar-refractivity contribution in [1.29, 1.82) is 0 Å². The molecule has 26 heavy (non-hydrogen) atoms. The van der Waals surface area contributed by atoms with Crippen LogP contribution in [0, 0.1) is 0 Å². The van der Waals surface area contributed by atoms with Crippen LogP contribution < -0.4 is 5.32 Å². The van der Waals surface area contributed by atoms with Gasteiger partial charge in [0.1, 0.15) is 6.54 Å². The summed E-state index contributed by atoms with van der Waals surface area (Å²) in [6.45, 7) is 6.98. The average Bonchev–Trinajstić information content (AvgIpc) is 2.52. The number of halogens is 2. The van der Waals surface area contributed by atoms with E-state index in [-0.39, 0.29) is 12.5 Å². The summed E-state index contributed by atoms with van der Waals surface area (Å²) in [5.41, 5.74) is 0.326. The molecule has 0 aliphatic rings. The number of hydrogen-bond acceptors (Lipinski definition) is 3. The van der Waals surface area contributed by atoms with E-state index in [0.29, 0.717) is 23.1 Å². The Balaban J connectivity index is 2.36. The van der Waals surface area contributed by atoms with Gasteiger partial charge in [0, 0.05) is 18.6 Å². The number of carbonyl (C=O) groups is 2. The molecule has 0 radical (unpaired) electrons. The van der Waals surface area contributed by atoms with Crippen LogP contribution in [0.15, 0.2) is 18.2 Å². The van der Waals surface area contributed by atoms with Crippen molar-refractivity contribution in [2.24, 2.45) is 0 Å². The van der Waals surface area contributed by atoms with Crippen LogP contribution in [0.2, 0.25) is 10.0 Å². The van der Waals surface area contributed by atoms with Crippen molar-refractivity contribution in [3.63, 3.8) is 0 Å². The Kier molecular flexibility index (Phi) is 8.67. The zero-order chi connectivity index (χ0) is 19.9. The quantitative estimate of drug-likeness (QED) is 0.648. The van der Waals surface area contributed by atoms with Gasteiger partial charge in [-0.1, -0.05) is 35.3 Å². The lowest BCUT2D eigenvalue weighted by Gasteiger charge is -2.32. The molecule has 0 saturated carbocycles. The predicted molar refractivity (Wildman–Crippen MR) is 105 cm³/mol. The molecule has 0 aromatic heterocycles. The summed E-state index contributed by atoms with van der Waals surface area (Å²) in [4.78, 5) is 26.4. The Morgan fingerprint density at radius 1 is 1.23 bits per heavy atom. The van der Waals surface area contributed by atoms with E-state index in [4.69, 9.17) is 23.2 Å². The number of nitrogens with zero attached hydrogens (tertiary/aromatic N) is 2. The Labute approximate surface area is 165 Å². The van der Waals surface area contributed by atoms with E-state index in [1.54, 1.807) is 26.8 Å². The highest BCUT2D eigenvalue weighted by atomic mass is 35.5. The third kappa shape index (κ3) is 7.40. The second kappa shape index (κ2) is 10.00. The van der Waals surface area contributed by atoms with Crippen LogP contribution in [0.3, 0.4) is 0 Å². The smallest absolute Gasteiger partial charge is 0.408 e. The largest absolute Gasteiger partial charge is 0.465 e. The van der Waals surface area contributed by atoms with Crippen molar-refractivity contribution in [3.8, 4) is 0 Å². The summed E-state index contributed by atoms with van der Waals surface area (Å²) in [7, 11) is 1.96. The van der Waals surface area contributed by atoms with E-state index in [2.05, 4.69) is 10.2 Å². The van der Waals surface area contributed by atoms with E-state index in [9.17, 15) is 14.7 Å². The van der Waals surface area contributed by atoms with E-state index < -0.39 is 11.6 Å². The van der Waals surface area contributed by atoms with Crippen molar-refractivity contribution in [2.75, 3.05) is 26.7 Å². The van der Waals surface area contributed by atoms with E-state index in [1.165, 1.54) is 0 Å². The predicted octanol–water partition coefficient (Wildman–Crippen LogP) is 3.71. The highest BCUT2D eigenvalue weighted by molar-refractivity contribution is 6.42. The Morgan fingerprint density at radius 3 is 2.46 bits per heavy atom. The third-order valence-electron chi connectivity index (χ3n) is 3.85. The molecule has 6 nitrogen and oxygen atoms in total. The van der Waals surface area contributed by atoms with Crippen molar-refractivity contribution in [1.82, 2.24) is 15.1 Å². The first-order chi connectivity index (χ1) is 12.0. The van der Waals surface area contributed by atoms with Crippen LogP contribution in [0.5, 0.6) is 0 Å². The summed E-state index contributed by atoms with van der Waals surface area (Å²) in [5.74, 6) is -0.303. The zero-order valence-corrected chi connectivity index (χ0v) is 17.2. The van der Waals surface area contributed by atoms with Crippen LogP contribution in [-0.4, -0.2) is 59.1 Å². The fourth-order valence-corrected chi connectivity index (χ4v) is 2.79. The van der Waals surface area contributed by atoms with Gasteiger partial charge >= 0.3 is 6.09 Å². The molecule has 0 atom stereocenters. The van der Waals surface area contributed by atoms with Crippen molar-refractivity contribution in [3.05, 3.63) is 33.8 Å². The van der Waals surface area contributed by atoms with Gasteiger partial charge in [-0.2, -0.15) is 0 Å². The van der Waals surface area contributed by atoms with Gasteiger partial charge in [-0.05, 0) is 52.4 Å². The number of carbonyl (C=O) groups excluding carboxylic acids is 1. The second-order valence-electron chi connectivity index (χ2n) is 7.19. The second-order valence-corrected chi connectivity index (χ2v) is 7.98. The molecule has 1 aromatic rings. The minimum Gasteiger partial charge on any atom is -0.465 e. The van der Waals surface area contributed by atoms with E-state index >= 15 is 0 Å². The van der Waals surface area contributed by atoms with Crippen molar-refractivity contribution >= 4 is 35.2 Å². The summed E-state index contributed by atoms with van der Waals surface area (Å²) in [6.07, 6.45) is -0.367. The Hall–Kier alpha value is -1.50. The highest BCUT2D eigenvalue weighted by Gasteiger charge is 2.27. The minimum atomic E-state index is -1.11. The number of hydrogen-bond donors (Lipinski definition) is 2. The number of amides is 2. The van der Waals surface area contributed by atoms with Crippen LogP contribution in [0.4, 0.5) is 4.79 Å². The number of benzene rings is 1. The molecule has 2 amide bonds. The summed E-state index contributed by atoms with van der Waals surface area (Å²) < 4.78 is 0. The van der Waals surface area contributed by atoms with Crippen molar-refractivity contribution < 1.29 is 14.7 Å². The Bertz CT molecular complexity index is 633. The third-order valence-corrected chi connectivity index (χ3v) is 4.71. The SMILES string of the molecule is CN(CCCNC(=O)CN(C(=O)O)C(C)(C)C)Cc1cccc(Cl)c1Cl. The van der Waals surface area contributed by atoms with Gasteiger partial charge in [0.15, 0.2) is 0 Å². The van der Waals surface area contributed by atoms with Gasteiger partial charge < -0.3 is 15.3 Å². The van der Waals surface area contributed by atoms with Crippen LogP contribution in [0.1, 0.15) is 32.8 Å².